The molecule has 1 aromatic heterocycles. The topological polar surface area (TPSA) is 62.3 Å². The molecule has 0 amide bonds. The zero-order chi connectivity index (χ0) is 11.6. The summed E-state index contributed by atoms with van der Waals surface area (Å²) >= 11 is 0. The maximum Gasteiger partial charge on any atom is 0.209 e. The largest absolute Gasteiger partial charge is 0.355 e. The van der Waals surface area contributed by atoms with Gasteiger partial charge in [-0.3, -0.25) is 0 Å². The highest BCUT2D eigenvalue weighted by molar-refractivity contribution is 7.88. The Hall–Kier alpha value is -1.14. The van der Waals surface area contributed by atoms with Crippen LogP contribution in [-0.2, 0) is 10.0 Å². The average Bonchev–Trinajstić information content (AvgIpc) is 2.65. The Morgan fingerprint density at radius 1 is 1.50 bits per heavy atom. The van der Waals surface area contributed by atoms with Crippen molar-refractivity contribution in [1.29, 1.82) is 0 Å². The molecule has 0 radical (unpaired) electrons. The van der Waals surface area contributed by atoms with Crippen LogP contribution in [0, 0.1) is 0 Å². The van der Waals surface area contributed by atoms with E-state index in [4.69, 9.17) is 0 Å². The highest BCUT2D eigenvalue weighted by Crippen LogP contribution is 2.17. The van der Waals surface area contributed by atoms with Crippen molar-refractivity contribution in [1.82, 2.24) is 9.71 Å². The van der Waals surface area contributed by atoms with Crippen LogP contribution in [0.25, 0.3) is 0 Å². The van der Waals surface area contributed by atoms with Gasteiger partial charge in [0.15, 0.2) is 0 Å². The van der Waals surface area contributed by atoms with Gasteiger partial charge in [-0.2, -0.15) is 0 Å². The SMILES string of the molecule is CS(=O)(=O)N[C@H]1CCN(c2ccccn2)C1. The van der Waals surface area contributed by atoms with E-state index >= 15 is 0 Å². The maximum atomic E-state index is 11.1. The van der Waals surface area contributed by atoms with Crippen LogP contribution in [0.1, 0.15) is 6.42 Å². The van der Waals surface area contributed by atoms with Gasteiger partial charge in [-0.05, 0) is 18.6 Å². The highest BCUT2D eigenvalue weighted by atomic mass is 32.2. The molecule has 1 aliphatic heterocycles. The van der Waals surface area contributed by atoms with E-state index < -0.39 is 10.0 Å². The van der Waals surface area contributed by atoms with Crippen LogP contribution in [0.5, 0.6) is 0 Å². The van der Waals surface area contributed by atoms with Gasteiger partial charge >= 0.3 is 0 Å². The summed E-state index contributed by atoms with van der Waals surface area (Å²) in [7, 11) is -3.11. The van der Waals surface area contributed by atoms with E-state index in [1.807, 2.05) is 18.2 Å². The van der Waals surface area contributed by atoms with Crippen LogP contribution in [0.15, 0.2) is 24.4 Å². The van der Waals surface area contributed by atoms with Crippen molar-refractivity contribution in [3.8, 4) is 0 Å². The van der Waals surface area contributed by atoms with E-state index in [9.17, 15) is 8.42 Å². The quantitative estimate of drug-likeness (QED) is 0.821. The van der Waals surface area contributed by atoms with Crippen molar-refractivity contribution < 1.29 is 8.42 Å². The standard InChI is InChI=1S/C10H15N3O2S/c1-16(14,15)12-9-5-7-13(8-9)10-4-2-3-6-11-10/h2-4,6,9,12H,5,7-8H2,1H3/t9-/m0/s1. The lowest BCUT2D eigenvalue weighted by atomic mass is 10.3. The van der Waals surface area contributed by atoms with Crippen molar-refractivity contribution in [2.75, 3.05) is 24.2 Å². The smallest absolute Gasteiger partial charge is 0.209 e. The van der Waals surface area contributed by atoms with Crippen molar-refractivity contribution >= 4 is 15.8 Å². The number of hydrogen-bond donors (Lipinski definition) is 1. The molecule has 0 aromatic carbocycles. The molecule has 0 unspecified atom stereocenters. The van der Waals surface area contributed by atoms with Gasteiger partial charge in [0, 0.05) is 25.3 Å². The Morgan fingerprint density at radius 3 is 2.94 bits per heavy atom. The Morgan fingerprint density at radius 2 is 2.31 bits per heavy atom. The van der Waals surface area contributed by atoms with E-state index in [-0.39, 0.29) is 6.04 Å². The number of anilines is 1. The molecule has 1 N–H and O–H groups in total. The molecule has 2 rings (SSSR count). The summed E-state index contributed by atoms with van der Waals surface area (Å²) in [5.74, 6) is 0.903. The van der Waals surface area contributed by atoms with Crippen molar-refractivity contribution in [3.05, 3.63) is 24.4 Å². The summed E-state index contributed by atoms with van der Waals surface area (Å²) in [5.41, 5.74) is 0. The molecule has 16 heavy (non-hydrogen) atoms. The molecule has 1 aliphatic rings. The lowest BCUT2D eigenvalue weighted by Crippen LogP contribution is -2.36. The summed E-state index contributed by atoms with van der Waals surface area (Å²) in [6.45, 7) is 1.52. The molecule has 0 bridgehead atoms. The van der Waals surface area contributed by atoms with E-state index in [2.05, 4.69) is 14.6 Å². The summed E-state index contributed by atoms with van der Waals surface area (Å²) in [6, 6.07) is 5.73. The summed E-state index contributed by atoms with van der Waals surface area (Å²) in [6.07, 6.45) is 3.76. The van der Waals surface area contributed by atoms with Gasteiger partial charge in [-0.25, -0.2) is 18.1 Å². The van der Waals surface area contributed by atoms with Crippen molar-refractivity contribution in [2.24, 2.45) is 0 Å². The van der Waals surface area contributed by atoms with E-state index in [1.54, 1.807) is 6.20 Å². The fraction of sp³-hybridized carbons (Fsp3) is 0.500. The normalized spacial score (nSPS) is 21.3. The number of aromatic nitrogens is 1. The number of nitrogens with one attached hydrogen (secondary N) is 1. The second-order valence-electron chi connectivity index (χ2n) is 4.01. The zero-order valence-electron chi connectivity index (χ0n) is 9.13. The predicted molar refractivity (Wildman–Crippen MR) is 62.8 cm³/mol. The van der Waals surface area contributed by atoms with Gasteiger partial charge in [-0.1, -0.05) is 6.07 Å². The molecule has 6 heteroatoms. The fourth-order valence-corrected chi connectivity index (χ4v) is 2.71. The van der Waals surface area contributed by atoms with Crippen LogP contribution in [0.3, 0.4) is 0 Å². The molecule has 1 saturated heterocycles. The Labute approximate surface area is 95.5 Å². The van der Waals surface area contributed by atoms with Gasteiger partial charge in [0.1, 0.15) is 5.82 Å². The van der Waals surface area contributed by atoms with Gasteiger partial charge in [0.25, 0.3) is 0 Å². The first-order valence-corrected chi connectivity index (χ1v) is 7.07. The van der Waals surface area contributed by atoms with Crippen molar-refractivity contribution in [2.45, 2.75) is 12.5 Å². The molecule has 2 heterocycles. The third-order valence-corrected chi connectivity index (χ3v) is 3.30. The van der Waals surface area contributed by atoms with Crippen molar-refractivity contribution in [3.63, 3.8) is 0 Å². The first-order chi connectivity index (χ1) is 7.54. The third kappa shape index (κ3) is 2.93. The Balaban J connectivity index is 1.99. The van der Waals surface area contributed by atoms with Gasteiger partial charge < -0.3 is 4.90 Å². The van der Waals surface area contributed by atoms with Gasteiger partial charge in [0.2, 0.25) is 10.0 Å². The van der Waals surface area contributed by atoms with Gasteiger partial charge in [0.05, 0.1) is 6.26 Å². The molecular formula is C10H15N3O2S. The third-order valence-electron chi connectivity index (χ3n) is 2.54. The van der Waals surface area contributed by atoms with Crippen LogP contribution in [0.4, 0.5) is 5.82 Å². The van der Waals surface area contributed by atoms with E-state index in [0.717, 1.165) is 18.8 Å². The number of hydrogen-bond acceptors (Lipinski definition) is 4. The molecule has 88 valence electrons. The Bertz CT molecular complexity index is 446. The summed E-state index contributed by atoms with van der Waals surface area (Å²) in [4.78, 5) is 6.33. The predicted octanol–water partition coefficient (Wildman–Crippen LogP) is 0.209. The first kappa shape index (κ1) is 11.3. The summed E-state index contributed by atoms with van der Waals surface area (Å²) < 4.78 is 24.8. The molecule has 0 saturated carbocycles. The van der Waals surface area contributed by atoms with E-state index in [0.29, 0.717) is 6.54 Å². The highest BCUT2D eigenvalue weighted by Gasteiger charge is 2.25. The number of rotatable bonds is 3. The molecular weight excluding hydrogens is 226 g/mol. The molecule has 1 aromatic rings. The Kier molecular flexibility index (Phi) is 3.11. The minimum absolute atomic E-state index is 0.00277. The van der Waals surface area contributed by atoms with Crippen LogP contribution in [0.2, 0.25) is 0 Å². The maximum absolute atomic E-state index is 11.1. The molecule has 0 spiro atoms. The van der Waals surface area contributed by atoms with Crippen LogP contribution in [-0.4, -0.2) is 38.8 Å². The summed E-state index contributed by atoms with van der Waals surface area (Å²) in [5, 5.41) is 0. The average molecular weight is 241 g/mol. The number of nitrogens with zero attached hydrogens (tertiary/aromatic N) is 2. The minimum atomic E-state index is -3.11. The zero-order valence-corrected chi connectivity index (χ0v) is 9.94. The first-order valence-electron chi connectivity index (χ1n) is 5.18. The molecule has 5 nitrogen and oxygen atoms in total. The molecule has 1 fully saturated rings. The van der Waals surface area contributed by atoms with Crippen LogP contribution < -0.4 is 9.62 Å². The fourth-order valence-electron chi connectivity index (χ4n) is 1.91. The van der Waals surface area contributed by atoms with Gasteiger partial charge in [-0.15, -0.1) is 0 Å². The minimum Gasteiger partial charge on any atom is -0.355 e. The number of pyridine rings is 1. The number of sulfonamides is 1. The second-order valence-corrected chi connectivity index (χ2v) is 5.79. The van der Waals surface area contributed by atoms with Crippen LogP contribution >= 0.6 is 0 Å². The monoisotopic (exact) mass is 241 g/mol. The second kappa shape index (κ2) is 4.39. The lowest BCUT2D eigenvalue weighted by Gasteiger charge is -2.17. The molecule has 1 atom stereocenters. The lowest BCUT2D eigenvalue weighted by molar-refractivity contribution is 0.567. The molecule has 0 aliphatic carbocycles. The van der Waals surface area contributed by atoms with E-state index in [1.165, 1.54) is 6.26 Å².